The first-order valence-electron chi connectivity index (χ1n) is 7.51. The molecule has 0 radical (unpaired) electrons. The Morgan fingerprint density at radius 3 is 2.48 bits per heavy atom. The van der Waals surface area contributed by atoms with E-state index in [0.29, 0.717) is 34.6 Å². The van der Waals surface area contributed by atoms with Gasteiger partial charge in [0, 0.05) is 24.2 Å². The van der Waals surface area contributed by atoms with Crippen LogP contribution in [0.3, 0.4) is 0 Å². The molecule has 0 aliphatic carbocycles. The van der Waals surface area contributed by atoms with E-state index >= 15 is 0 Å². The summed E-state index contributed by atoms with van der Waals surface area (Å²) in [7, 11) is 3.07. The molecule has 0 bridgehead atoms. The summed E-state index contributed by atoms with van der Waals surface area (Å²) in [5.74, 6) is -0.0193. The van der Waals surface area contributed by atoms with Crippen LogP contribution in [-0.2, 0) is 13.1 Å². The van der Waals surface area contributed by atoms with E-state index in [2.05, 4.69) is 15.9 Å². The summed E-state index contributed by atoms with van der Waals surface area (Å²) in [6.45, 7) is 0.834. The number of aromatic carboxylic acids is 1. The zero-order chi connectivity index (χ0) is 18.1. The molecule has 2 aromatic rings. The maximum Gasteiger partial charge on any atom is 0.335 e. The lowest BCUT2D eigenvalue weighted by Gasteiger charge is -2.15. The van der Waals surface area contributed by atoms with Crippen molar-refractivity contribution in [1.29, 1.82) is 0 Å². The van der Waals surface area contributed by atoms with Gasteiger partial charge < -0.3 is 19.5 Å². The van der Waals surface area contributed by atoms with Gasteiger partial charge in [0.05, 0.1) is 24.3 Å². The number of halogens is 1. The lowest BCUT2D eigenvalue weighted by Crippen LogP contribution is -2.23. The standard InChI is InChI=1S/C18H16BrNO5/c1-24-14-7-12-13(15(19)16(14)25-2)9-20(17(12)21)8-10-3-5-11(6-4-10)18(22)23/h3-7H,8-9H2,1-2H3,(H,22,23). The number of rotatable bonds is 5. The molecular weight excluding hydrogens is 390 g/mol. The van der Waals surface area contributed by atoms with E-state index in [1.165, 1.54) is 19.2 Å². The van der Waals surface area contributed by atoms with Gasteiger partial charge in [-0.25, -0.2) is 4.79 Å². The zero-order valence-corrected chi connectivity index (χ0v) is 15.3. The van der Waals surface area contributed by atoms with Gasteiger partial charge in [0.1, 0.15) is 0 Å². The van der Waals surface area contributed by atoms with Gasteiger partial charge in [0.15, 0.2) is 11.5 Å². The molecule has 0 atom stereocenters. The van der Waals surface area contributed by atoms with Crippen LogP contribution in [-0.4, -0.2) is 36.1 Å². The number of methoxy groups -OCH3 is 2. The first-order chi connectivity index (χ1) is 12.0. The molecule has 1 aliphatic heterocycles. The van der Waals surface area contributed by atoms with E-state index in [1.807, 2.05) is 0 Å². The molecular formula is C18H16BrNO5. The summed E-state index contributed by atoms with van der Waals surface area (Å²) >= 11 is 3.50. The number of ether oxygens (including phenoxy) is 2. The van der Waals surface area contributed by atoms with Crippen LogP contribution in [0.15, 0.2) is 34.8 Å². The first-order valence-corrected chi connectivity index (χ1v) is 8.30. The van der Waals surface area contributed by atoms with Crippen molar-refractivity contribution in [2.24, 2.45) is 0 Å². The highest BCUT2D eigenvalue weighted by molar-refractivity contribution is 9.10. The molecule has 0 aromatic heterocycles. The molecule has 1 N–H and O–H groups in total. The number of carbonyl (C=O) groups excluding carboxylic acids is 1. The predicted octanol–water partition coefficient (Wildman–Crippen LogP) is 3.32. The van der Waals surface area contributed by atoms with E-state index in [1.54, 1.807) is 30.2 Å². The number of carboxylic acids is 1. The first kappa shape index (κ1) is 17.3. The maximum atomic E-state index is 12.7. The fourth-order valence-corrected chi connectivity index (χ4v) is 3.56. The SMILES string of the molecule is COc1cc2c(c(Br)c1OC)CN(Cc1ccc(C(=O)O)cc1)C2=O. The van der Waals surface area contributed by atoms with Crippen LogP contribution in [0.25, 0.3) is 0 Å². The van der Waals surface area contributed by atoms with Crippen molar-refractivity contribution in [2.45, 2.75) is 13.1 Å². The Bertz CT molecular complexity index is 848. The van der Waals surface area contributed by atoms with Crippen molar-refractivity contribution in [2.75, 3.05) is 14.2 Å². The second kappa shape index (κ2) is 6.76. The molecule has 0 spiro atoms. The fraction of sp³-hybridized carbons (Fsp3) is 0.222. The Morgan fingerprint density at radius 1 is 1.24 bits per heavy atom. The van der Waals surface area contributed by atoms with Gasteiger partial charge in [-0.2, -0.15) is 0 Å². The zero-order valence-electron chi connectivity index (χ0n) is 13.7. The Kier molecular flexibility index (Phi) is 4.67. The molecule has 0 saturated carbocycles. The number of nitrogens with zero attached hydrogens (tertiary/aromatic N) is 1. The van der Waals surface area contributed by atoms with E-state index in [-0.39, 0.29) is 11.5 Å². The predicted molar refractivity (Wildman–Crippen MR) is 94.2 cm³/mol. The Balaban J connectivity index is 1.87. The maximum absolute atomic E-state index is 12.7. The lowest BCUT2D eigenvalue weighted by atomic mass is 10.1. The molecule has 6 nitrogen and oxygen atoms in total. The third kappa shape index (κ3) is 3.07. The van der Waals surface area contributed by atoms with E-state index in [0.717, 1.165) is 11.1 Å². The second-order valence-corrected chi connectivity index (χ2v) is 6.41. The number of hydrogen-bond donors (Lipinski definition) is 1. The topological polar surface area (TPSA) is 76.1 Å². The van der Waals surface area contributed by atoms with E-state index in [9.17, 15) is 9.59 Å². The number of amides is 1. The summed E-state index contributed by atoms with van der Waals surface area (Å²) < 4.78 is 11.4. The number of carboxylic acid groups (broad SMARTS) is 1. The molecule has 3 rings (SSSR count). The van der Waals surface area contributed by atoms with Crippen molar-refractivity contribution in [1.82, 2.24) is 4.90 Å². The van der Waals surface area contributed by atoms with Crippen molar-refractivity contribution >= 4 is 27.8 Å². The Morgan fingerprint density at radius 2 is 1.92 bits per heavy atom. The molecule has 1 heterocycles. The summed E-state index contributed by atoms with van der Waals surface area (Å²) in [5, 5.41) is 8.96. The molecule has 1 aliphatic rings. The summed E-state index contributed by atoms with van der Waals surface area (Å²) in [6.07, 6.45) is 0. The van der Waals surface area contributed by atoms with Crippen LogP contribution in [0.1, 0.15) is 31.8 Å². The van der Waals surface area contributed by atoms with Gasteiger partial charge in [0.2, 0.25) is 0 Å². The second-order valence-electron chi connectivity index (χ2n) is 5.62. The van der Waals surface area contributed by atoms with E-state index in [4.69, 9.17) is 14.6 Å². The number of benzene rings is 2. The van der Waals surface area contributed by atoms with Crippen LogP contribution in [0, 0.1) is 0 Å². The largest absolute Gasteiger partial charge is 0.493 e. The lowest BCUT2D eigenvalue weighted by molar-refractivity contribution is 0.0695. The van der Waals surface area contributed by atoms with Crippen LogP contribution >= 0.6 is 15.9 Å². The minimum atomic E-state index is -0.973. The molecule has 25 heavy (non-hydrogen) atoms. The highest BCUT2D eigenvalue weighted by Crippen LogP contribution is 2.43. The van der Waals surface area contributed by atoms with Crippen molar-refractivity contribution < 1.29 is 24.2 Å². The Hall–Kier alpha value is -2.54. The molecule has 130 valence electrons. The molecule has 1 amide bonds. The van der Waals surface area contributed by atoms with Gasteiger partial charge >= 0.3 is 5.97 Å². The van der Waals surface area contributed by atoms with E-state index < -0.39 is 5.97 Å². The summed E-state index contributed by atoms with van der Waals surface area (Å²) in [6, 6.07) is 8.20. The minimum Gasteiger partial charge on any atom is -0.493 e. The molecule has 2 aromatic carbocycles. The van der Waals surface area contributed by atoms with Gasteiger partial charge in [0.25, 0.3) is 5.91 Å². The Labute approximate surface area is 153 Å². The van der Waals surface area contributed by atoms with Gasteiger partial charge in [-0.1, -0.05) is 12.1 Å². The average molecular weight is 406 g/mol. The van der Waals surface area contributed by atoms with Gasteiger partial charge in [-0.05, 0) is 39.7 Å². The smallest absolute Gasteiger partial charge is 0.335 e. The average Bonchev–Trinajstić information content (AvgIpc) is 2.91. The number of carbonyl (C=O) groups is 2. The van der Waals surface area contributed by atoms with Gasteiger partial charge in [-0.15, -0.1) is 0 Å². The van der Waals surface area contributed by atoms with Crippen molar-refractivity contribution in [3.8, 4) is 11.5 Å². The molecule has 0 unspecified atom stereocenters. The molecule has 0 saturated heterocycles. The van der Waals surface area contributed by atoms with Crippen molar-refractivity contribution in [3.05, 3.63) is 57.1 Å². The highest BCUT2D eigenvalue weighted by atomic mass is 79.9. The quantitative estimate of drug-likeness (QED) is 0.825. The third-order valence-electron chi connectivity index (χ3n) is 4.15. The summed E-state index contributed by atoms with van der Waals surface area (Å²) in [4.78, 5) is 25.3. The molecule has 7 heteroatoms. The minimum absolute atomic E-state index is 0.0982. The fourth-order valence-electron chi connectivity index (χ4n) is 2.87. The van der Waals surface area contributed by atoms with Crippen LogP contribution < -0.4 is 9.47 Å². The van der Waals surface area contributed by atoms with Gasteiger partial charge in [-0.3, -0.25) is 4.79 Å². The highest BCUT2D eigenvalue weighted by Gasteiger charge is 2.32. The monoisotopic (exact) mass is 405 g/mol. The third-order valence-corrected chi connectivity index (χ3v) is 4.99. The summed E-state index contributed by atoms with van der Waals surface area (Å²) in [5.41, 5.74) is 2.51. The normalized spacial score (nSPS) is 12.9. The van der Waals surface area contributed by atoms with Crippen LogP contribution in [0.2, 0.25) is 0 Å². The number of fused-ring (bicyclic) bond motifs is 1. The van der Waals surface area contributed by atoms with Crippen LogP contribution in [0.4, 0.5) is 0 Å². The van der Waals surface area contributed by atoms with Crippen molar-refractivity contribution in [3.63, 3.8) is 0 Å². The van der Waals surface area contributed by atoms with Crippen LogP contribution in [0.5, 0.6) is 11.5 Å². The number of hydrogen-bond acceptors (Lipinski definition) is 4. The molecule has 0 fully saturated rings.